The number of carboxylic acid groups (broad SMARTS) is 1. The molecule has 0 saturated heterocycles. The van der Waals surface area contributed by atoms with Crippen molar-refractivity contribution in [2.75, 3.05) is 7.05 Å². The van der Waals surface area contributed by atoms with Crippen LogP contribution >= 0.6 is 0 Å². The number of amides is 1. The lowest BCUT2D eigenvalue weighted by atomic mass is 10.2. The maximum Gasteiger partial charge on any atom is 0.523 e. The molecule has 1 amide bonds. The predicted octanol–water partition coefficient (Wildman–Crippen LogP) is 2.29. The zero-order chi connectivity index (χ0) is 9.47. The Labute approximate surface area is 76.1 Å². The van der Waals surface area contributed by atoms with Gasteiger partial charge in [-0.05, 0) is 6.07 Å². The highest BCUT2D eigenvalue weighted by Crippen LogP contribution is 2.33. The Bertz CT molecular complexity index is 398. The maximum atomic E-state index is 11.0. The Morgan fingerprint density at radius 3 is 2.77 bits per heavy atom. The highest BCUT2D eigenvalue weighted by Gasteiger charge is 2.37. The van der Waals surface area contributed by atoms with Gasteiger partial charge in [-0.1, -0.05) is 12.1 Å². The van der Waals surface area contributed by atoms with Crippen LogP contribution in [0.1, 0.15) is 5.56 Å². The molecular formula is C10H10NO2+. The number of hydrogen-bond donors (Lipinski definition) is 1. The van der Waals surface area contributed by atoms with Crippen molar-refractivity contribution in [3.05, 3.63) is 36.0 Å². The molecule has 0 spiro atoms. The van der Waals surface area contributed by atoms with E-state index in [1.54, 1.807) is 13.2 Å². The summed E-state index contributed by atoms with van der Waals surface area (Å²) in [6.45, 7) is 0. The summed E-state index contributed by atoms with van der Waals surface area (Å²) in [5.41, 5.74) is 1.79. The molecule has 3 heteroatoms. The molecule has 1 N–H and O–H groups in total. The van der Waals surface area contributed by atoms with E-state index in [4.69, 9.17) is 5.11 Å². The van der Waals surface area contributed by atoms with Gasteiger partial charge in [0.05, 0.1) is 7.05 Å². The molecule has 2 rings (SSSR count). The number of benzene rings is 1. The van der Waals surface area contributed by atoms with Crippen LogP contribution in [-0.2, 0) is 0 Å². The summed E-state index contributed by atoms with van der Waals surface area (Å²) in [7, 11) is 1.66. The predicted molar refractivity (Wildman–Crippen MR) is 51.2 cm³/mol. The van der Waals surface area contributed by atoms with Crippen molar-refractivity contribution in [3.63, 3.8) is 0 Å². The summed E-state index contributed by atoms with van der Waals surface area (Å²) in [4.78, 5) is 11.0. The second-order valence-corrected chi connectivity index (χ2v) is 3.23. The molecule has 1 heterocycles. The molecule has 1 atom stereocenters. The summed E-state index contributed by atoms with van der Waals surface area (Å²) in [6, 6.07) is 7.51. The molecule has 3 nitrogen and oxygen atoms in total. The van der Waals surface area contributed by atoms with E-state index < -0.39 is 6.09 Å². The Morgan fingerprint density at radius 2 is 2.08 bits per heavy atom. The minimum Gasteiger partial charge on any atom is -0.435 e. The Morgan fingerprint density at radius 1 is 1.38 bits per heavy atom. The van der Waals surface area contributed by atoms with Gasteiger partial charge in [-0.3, -0.25) is 0 Å². The van der Waals surface area contributed by atoms with Crippen LogP contribution in [0.25, 0.3) is 6.08 Å². The summed E-state index contributed by atoms with van der Waals surface area (Å²) >= 11 is 0. The number of rotatable bonds is 0. The van der Waals surface area contributed by atoms with Crippen LogP contribution < -0.4 is 4.48 Å². The summed E-state index contributed by atoms with van der Waals surface area (Å²) in [5, 5.41) is 9.04. The quantitative estimate of drug-likeness (QED) is 0.616. The number of quaternary nitrogens is 1. The first-order chi connectivity index (χ1) is 6.14. The number of para-hydroxylation sites is 1. The fourth-order valence-corrected chi connectivity index (χ4v) is 1.53. The Kier molecular flexibility index (Phi) is 1.50. The lowest BCUT2D eigenvalue weighted by molar-refractivity contribution is 0.171. The first kappa shape index (κ1) is 8.01. The highest BCUT2D eigenvalue weighted by molar-refractivity contribution is 5.90. The van der Waals surface area contributed by atoms with E-state index in [0.29, 0.717) is 0 Å². The van der Waals surface area contributed by atoms with Gasteiger partial charge in [0.15, 0.2) is 5.69 Å². The molecular weight excluding hydrogens is 166 g/mol. The molecule has 0 bridgehead atoms. The van der Waals surface area contributed by atoms with Gasteiger partial charge in [-0.15, -0.1) is 0 Å². The van der Waals surface area contributed by atoms with E-state index in [1.165, 1.54) is 0 Å². The third-order valence-electron chi connectivity index (χ3n) is 2.39. The van der Waals surface area contributed by atoms with Gasteiger partial charge in [0.1, 0.15) is 6.20 Å². The molecule has 0 fully saturated rings. The van der Waals surface area contributed by atoms with E-state index in [0.717, 1.165) is 11.3 Å². The van der Waals surface area contributed by atoms with Crippen molar-refractivity contribution in [1.82, 2.24) is 4.48 Å². The monoisotopic (exact) mass is 176 g/mol. The fourth-order valence-electron chi connectivity index (χ4n) is 1.53. The van der Waals surface area contributed by atoms with Crippen molar-refractivity contribution in [3.8, 4) is 0 Å². The van der Waals surface area contributed by atoms with Crippen LogP contribution in [0.15, 0.2) is 30.5 Å². The average Bonchev–Trinajstić information content (AvgIpc) is 2.47. The number of hydrogen-bond acceptors (Lipinski definition) is 1. The number of fused-ring (bicyclic) bond motifs is 1. The Hall–Kier alpha value is -1.61. The zero-order valence-electron chi connectivity index (χ0n) is 7.27. The summed E-state index contributed by atoms with van der Waals surface area (Å²) in [5.74, 6) is 0. The second kappa shape index (κ2) is 2.44. The SMILES string of the molecule is C[N+]1(C(=O)O)C=Cc2ccccc21. The van der Waals surface area contributed by atoms with Crippen LogP contribution in [-0.4, -0.2) is 18.2 Å². The van der Waals surface area contributed by atoms with Crippen molar-refractivity contribution in [2.24, 2.45) is 0 Å². The van der Waals surface area contributed by atoms with E-state index in [-0.39, 0.29) is 4.48 Å². The van der Waals surface area contributed by atoms with Crippen LogP contribution in [0.2, 0.25) is 0 Å². The van der Waals surface area contributed by atoms with Crippen molar-refractivity contribution in [1.29, 1.82) is 0 Å². The van der Waals surface area contributed by atoms with E-state index in [9.17, 15) is 4.79 Å². The minimum absolute atomic E-state index is 0.157. The van der Waals surface area contributed by atoms with Crippen molar-refractivity contribution in [2.45, 2.75) is 0 Å². The maximum absolute atomic E-state index is 11.0. The molecule has 0 radical (unpaired) electrons. The van der Waals surface area contributed by atoms with Gasteiger partial charge >= 0.3 is 6.09 Å². The van der Waals surface area contributed by atoms with Crippen molar-refractivity contribution < 1.29 is 9.90 Å². The van der Waals surface area contributed by atoms with Crippen LogP contribution in [0.3, 0.4) is 0 Å². The van der Waals surface area contributed by atoms with E-state index >= 15 is 0 Å². The van der Waals surface area contributed by atoms with Crippen LogP contribution in [0.4, 0.5) is 10.5 Å². The largest absolute Gasteiger partial charge is 0.523 e. The average molecular weight is 176 g/mol. The lowest BCUT2D eigenvalue weighted by Gasteiger charge is -2.19. The molecule has 13 heavy (non-hydrogen) atoms. The van der Waals surface area contributed by atoms with E-state index in [2.05, 4.69) is 0 Å². The topological polar surface area (TPSA) is 37.3 Å². The van der Waals surface area contributed by atoms with Crippen LogP contribution in [0.5, 0.6) is 0 Å². The van der Waals surface area contributed by atoms with Gasteiger partial charge in [0, 0.05) is 17.7 Å². The van der Waals surface area contributed by atoms with Gasteiger partial charge < -0.3 is 5.11 Å². The number of nitrogens with zero attached hydrogens (tertiary/aromatic N) is 1. The minimum atomic E-state index is -0.860. The van der Waals surface area contributed by atoms with Gasteiger partial charge in [0.2, 0.25) is 0 Å². The molecule has 1 aromatic rings. The molecule has 0 aliphatic carbocycles. The smallest absolute Gasteiger partial charge is 0.435 e. The van der Waals surface area contributed by atoms with Crippen molar-refractivity contribution >= 4 is 17.9 Å². The second-order valence-electron chi connectivity index (χ2n) is 3.23. The molecule has 1 aliphatic rings. The molecule has 0 aromatic heterocycles. The third kappa shape index (κ3) is 0.975. The summed E-state index contributed by atoms with van der Waals surface area (Å²) in [6.07, 6.45) is 2.65. The van der Waals surface area contributed by atoms with Gasteiger partial charge in [-0.2, -0.15) is 9.28 Å². The molecule has 66 valence electrons. The Balaban J connectivity index is 2.61. The molecule has 1 aliphatic heterocycles. The highest BCUT2D eigenvalue weighted by atomic mass is 16.4. The first-order valence-corrected chi connectivity index (χ1v) is 4.03. The molecule has 1 unspecified atom stereocenters. The summed E-state index contributed by atoms with van der Waals surface area (Å²) < 4.78 is -0.157. The van der Waals surface area contributed by atoms with Gasteiger partial charge in [-0.25, -0.2) is 0 Å². The molecule has 0 saturated carbocycles. The van der Waals surface area contributed by atoms with Crippen LogP contribution in [0, 0.1) is 0 Å². The fraction of sp³-hybridized carbons (Fsp3) is 0.100. The lowest BCUT2D eigenvalue weighted by Crippen LogP contribution is -2.42. The number of carbonyl (C=O) groups is 1. The standard InChI is InChI=1S/C10H9NO2/c1-11(10(12)13)7-6-8-4-2-3-5-9(8)11/h2-7H,1H3/p+1. The van der Waals surface area contributed by atoms with Gasteiger partial charge in [0.25, 0.3) is 0 Å². The van der Waals surface area contributed by atoms with E-state index in [1.807, 2.05) is 30.3 Å². The third-order valence-corrected chi connectivity index (χ3v) is 2.39. The molecule has 1 aromatic carbocycles. The zero-order valence-corrected chi connectivity index (χ0v) is 7.27. The normalized spacial score (nSPS) is 24.4. The first-order valence-electron chi connectivity index (χ1n) is 4.03.